The minimum Gasteiger partial charge on any atom is -0.378 e. The molecule has 0 saturated carbocycles. The molecule has 2 aromatic rings. The summed E-state index contributed by atoms with van der Waals surface area (Å²) in [6.45, 7) is 0. The van der Waals surface area contributed by atoms with Crippen molar-refractivity contribution in [3.63, 3.8) is 0 Å². The van der Waals surface area contributed by atoms with Crippen molar-refractivity contribution in [1.29, 1.82) is 0 Å². The zero-order valence-electron chi connectivity index (χ0n) is 18.9. The van der Waals surface area contributed by atoms with E-state index in [-0.39, 0.29) is 17.1 Å². The van der Waals surface area contributed by atoms with E-state index >= 15 is 0 Å². The molecule has 0 aromatic heterocycles. The molecule has 166 valence electrons. The van der Waals surface area contributed by atoms with Gasteiger partial charge >= 0.3 is 0 Å². The van der Waals surface area contributed by atoms with Crippen molar-refractivity contribution in [2.24, 2.45) is 0 Å². The highest BCUT2D eigenvalue weighted by Gasteiger charge is 2.23. The van der Waals surface area contributed by atoms with Crippen LogP contribution in [0.3, 0.4) is 0 Å². The number of anilines is 2. The maximum atomic E-state index is 13.0. The first-order valence-electron chi connectivity index (χ1n) is 10.3. The molecule has 2 aromatic carbocycles. The number of hydrogen-bond acceptors (Lipinski definition) is 6. The summed E-state index contributed by atoms with van der Waals surface area (Å²) in [5, 5.41) is 0. The summed E-state index contributed by atoms with van der Waals surface area (Å²) in [6.07, 6.45) is 6.54. The minimum atomic E-state index is -0.254. The van der Waals surface area contributed by atoms with Crippen LogP contribution in [0.4, 0.5) is 11.4 Å². The highest BCUT2D eigenvalue weighted by molar-refractivity contribution is 8.25. The van der Waals surface area contributed by atoms with Crippen molar-refractivity contribution < 1.29 is 9.59 Å². The maximum Gasteiger partial charge on any atom is 0.191 e. The second-order valence-electron chi connectivity index (χ2n) is 7.73. The number of benzene rings is 2. The van der Waals surface area contributed by atoms with Crippen molar-refractivity contribution in [1.82, 2.24) is 0 Å². The lowest BCUT2D eigenvalue weighted by Gasteiger charge is -2.11. The van der Waals surface area contributed by atoms with Crippen molar-refractivity contribution in [2.45, 2.75) is 0 Å². The number of carbonyl (C=O) groups excluding carboxylic acids is 2. The molecule has 32 heavy (non-hydrogen) atoms. The Morgan fingerprint density at radius 3 is 1.41 bits per heavy atom. The Hall–Kier alpha value is -2.70. The highest BCUT2D eigenvalue weighted by atomic mass is 32.2. The van der Waals surface area contributed by atoms with Crippen LogP contribution in [0.5, 0.6) is 0 Å². The number of ketones is 2. The smallest absolute Gasteiger partial charge is 0.191 e. The molecule has 0 N–H and O–H groups in total. The average molecular weight is 465 g/mol. The van der Waals surface area contributed by atoms with Crippen LogP contribution in [0, 0.1) is 0 Å². The van der Waals surface area contributed by atoms with E-state index in [1.165, 1.54) is 12.2 Å². The third kappa shape index (κ3) is 6.40. The molecule has 1 aliphatic rings. The Morgan fingerprint density at radius 2 is 1.06 bits per heavy atom. The number of carbonyl (C=O) groups is 2. The molecule has 6 heteroatoms. The molecule has 1 heterocycles. The van der Waals surface area contributed by atoms with Gasteiger partial charge in [0, 0.05) is 51.1 Å². The maximum absolute atomic E-state index is 13.0. The van der Waals surface area contributed by atoms with Gasteiger partial charge in [-0.2, -0.15) is 0 Å². The SMILES string of the molecule is CN(C)c1ccc(C=CC(=O)C(C(=O)C=Cc2ccc(N(C)C)cc2)=C2SCCS2)cc1. The normalized spacial score (nSPS) is 13.7. The summed E-state index contributed by atoms with van der Waals surface area (Å²) in [7, 11) is 7.94. The van der Waals surface area contributed by atoms with Gasteiger partial charge in [-0.05, 0) is 47.5 Å². The summed E-state index contributed by atoms with van der Waals surface area (Å²) >= 11 is 3.17. The van der Waals surface area contributed by atoms with E-state index in [2.05, 4.69) is 0 Å². The molecule has 0 aliphatic carbocycles. The number of thioether (sulfide) groups is 2. The van der Waals surface area contributed by atoms with E-state index in [1.54, 1.807) is 35.7 Å². The predicted octanol–water partition coefficient (Wildman–Crippen LogP) is 5.38. The first kappa shape index (κ1) is 24.0. The highest BCUT2D eigenvalue weighted by Crippen LogP contribution is 2.39. The molecule has 0 bridgehead atoms. The number of allylic oxidation sites excluding steroid dienone is 3. The van der Waals surface area contributed by atoms with E-state index in [9.17, 15) is 9.59 Å². The molecule has 0 amide bonds. The lowest BCUT2D eigenvalue weighted by Crippen LogP contribution is -2.10. The molecule has 0 atom stereocenters. The third-order valence-electron chi connectivity index (χ3n) is 4.92. The van der Waals surface area contributed by atoms with Gasteiger partial charge in [-0.15, -0.1) is 23.5 Å². The number of rotatable bonds is 8. The molecule has 1 fully saturated rings. The monoisotopic (exact) mass is 464 g/mol. The first-order valence-corrected chi connectivity index (χ1v) is 12.3. The van der Waals surface area contributed by atoms with Gasteiger partial charge in [0.1, 0.15) is 0 Å². The van der Waals surface area contributed by atoms with Crippen LogP contribution in [-0.2, 0) is 9.59 Å². The summed E-state index contributed by atoms with van der Waals surface area (Å²) in [5.74, 6) is 1.32. The molecular weight excluding hydrogens is 436 g/mol. The molecule has 4 nitrogen and oxygen atoms in total. The van der Waals surface area contributed by atoms with Crippen molar-refractivity contribution in [3.05, 3.63) is 81.6 Å². The molecule has 0 radical (unpaired) electrons. The lowest BCUT2D eigenvalue weighted by atomic mass is 10.1. The van der Waals surface area contributed by atoms with Crippen LogP contribution in [0.1, 0.15) is 11.1 Å². The van der Waals surface area contributed by atoms with Gasteiger partial charge in [-0.1, -0.05) is 36.4 Å². The van der Waals surface area contributed by atoms with Gasteiger partial charge in [0.2, 0.25) is 0 Å². The molecule has 1 aliphatic heterocycles. The largest absolute Gasteiger partial charge is 0.378 e. The van der Waals surface area contributed by atoms with Crippen LogP contribution in [0.2, 0.25) is 0 Å². The fraction of sp³-hybridized carbons (Fsp3) is 0.231. The third-order valence-corrected chi connectivity index (χ3v) is 7.63. The Balaban J connectivity index is 1.78. The predicted molar refractivity (Wildman–Crippen MR) is 142 cm³/mol. The van der Waals surface area contributed by atoms with E-state index in [4.69, 9.17) is 0 Å². The van der Waals surface area contributed by atoms with Gasteiger partial charge < -0.3 is 9.80 Å². The standard InChI is InChI=1S/C26H28N2O2S2/c1-27(2)21-11-5-19(6-12-21)9-15-23(29)25(26-31-17-18-32-26)24(30)16-10-20-7-13-22(14-8-20)28(3)4/h5-16H,17-18H2,1-4H3. The van der Waals surface area contributed by atoms with Crippen molar-refractivity contribution >= 4 is 58.6 Å². The van der Waals surface area contributed by atoms with Crippen molar-refractivity contribution in [3.8, 4) is 0 Å². The Kier molecular flexibility index (Phi) is 8.42. The summed E-state index contributed by atoms with van der Waals surface area (Å²) < 4.78 is 0.820. The molecule has 0 unspecified atom stereocenters. The molecule has 1 saturated heterocycles. The van der Waals surface area contributed by atoms with Gasteiger partial charge in [-0.3, -0.25) is 9.59 Å². The number of hydrogen-bond donors (Lipinski definition) is 0. The number of nitrogens with zero attached hydrogens (tertiary/aromatic N) is 2. The Bertz CT molecular complexity index is 967. The Morgan fingerprint density at radius 1 is 0.688 bits per heavy atom. The Labute approximate surface area is 199 Å². The van der Waals surface area contributed by atoms with Crippen LogP contribution in [0.15, 0.2) is 70.5 Å². The van der Waals surface area contributed by atoms with E-state index in [1.807, 2.05) is 86.5 Å². The fourth-order valence-corrected chi connectivity index (χ4v) is 5.62. The van der Waals surface area contributed by atoms with Crippen LogP contribution < -0.4 is 9.80 Å². The zero-order valence-corrected chi connectivity index (χ0v) is 20.5. The first-order chi connectivity index (χ1) is 15.3. The van der Waals surface area contributed by atoms with Crippen LogP contribution in [0.25, 0.3) is 12.2 Å². The van der Waals surface area contributed by atoms with Gasteiger partial charge in [-0.25, -0.2) is 0 Å². The van der Waals surface area contributed by atoms with Crippen LogP contribution in [-0.4, -0.2) is 51.3 Å². The topological polar surface area (TPSA) is 40.6 Å². The second-order valence-corrected chi connectivity index (χ2v) is 10.2. The second kappa shape index (κ2) is 11.2. The molecule has 0 spiro atoms. The minimum absolute atomic E-state index is 0.254. The van der Waals surface area contributed by atoms with Crippen molar-refractivity contribution in [2.75, 3.05) is 49.5 Å². The summed E-state index contributed by atoms with van der Waals surface area (Å²) in [4.78, 5) is 30.1. The zero-order chi connectivity index (χ0) is 23.1. The van der Waals surface area contributed by atoms with E-state index < -0.39 is 0 Å². The van der Waals surface area contributed by atoms with Gasteiger partial charge in [0.05, 0.1) is 9.81 Å². The average Bonchev–Trinajstić information content (AvgIpc) is 3.31. The van der Waals surface area contributed by atoms with Crippen LogP contribution >= 0.6 is 23.5 Å². The summed E-state index contributed by atoms with van der Waals surface area (Å²) in [6, 6.07) is 15.9. The van der Waals surface area contributed by atoms with E-state index in [0.717, 1.165) is 38.2 Å². The van der Waals surface area contributed by atoms with E-state index in [0.29, 0.717) is 0 Å². The molecule has 3 rings (SSSR count). The lowest BCUT2D eigenvalue weighted by molar-refractivity contribution is -0.116. The molecular formula is C26H28N2O2S2. The fourth-order valence-electron chi connectivity index (χ4n) is 3.05. The quantitative estimate of drug-likeness (QED) is 0.297. The van der Waals surface area contributed by atoms with Gasteiger partial charge in [0.25, 0.3) is 0 Å². The van der Waals surface area contributed by atoms with Gasteiger partial charge in [0.15, 0.2) is 11.6 Å². The summed E-state index contributed by atoms with van der Waals surface area (Å²) in [5.41, 5.74) is 4.29.